The zero-order chi connectivity index (χ0) is 13.0. The first kappa shape index (κ1) is 13.4. The molecule has 0 aliphatic rings. The van der Waals surface area contributed by atoms with Gasteiger partial charge in [0.1, 0.15) is 12.1 Å². The maximum absolute atomic E-state index is 13.2. The molecule has 0 saturated carbocycles. The topological polar surface area (TPSA) is 72.0 Å². The van der Waals surface area contributed by atoms with Crippen molar-refractivity contribution in [1.29, 1.82) is 10.5 Å². The molecule has 1 aromatic carbocycles. The van der Waals surface area contributed by atoms with Crippen molar-refractivity contribution in [1.82, 2.24) is 0 Å². The van der Waals surface area contributed by atoms with E-state index in [0.717, 1.165) is 6.07 Å². The van der Waals surface area contributed by atoms with E-state index in [0.29, 0.717) is 0 Å². The van der Waals surface area contributed by atoms with E-state index in [-0.39, 0.29) is 15.2 Å². The molecule has 0 atom stereocenters. The van der Waals surface area contributed by atoms with Crippen LogP contribution >= 0.6 is 27.5 Å². The van der Waals surface area contributed by atoms with Gasteiger partial charge in [-0.2, -0.15) is 15.6 Å². The van der Waals surface area contributed by atoms with E-state index in [4.69, 9.17) is 22.1 Å². The number of benzene rings is 1. The first-order chi connectivity index (χ1) is 8.01. The highest BCUT2D eigenvalue weighted by molar-refractivity contribution is 9.10. The molecular formula is C9H2BrClF2N4. The number of nitrogens with zero attached hydrogens (tertiary/aromatic N) is 3. The first-order valence-electron chi connectivity index (χ1n) is 3.98. The van der Waals surface area contributed by atoms with Gasteiger partial charge in [-0.1, -0.05) is 11.6 Å². The predicted octanol–water partition coefficient (Wildman–Crippen LogP) is 3.20. The molecule has 86 valence electrons. The molecule has 0 radical (unpaired) electrons. The highest BCUT2D eigenvalue weighted by Crippen LogP contribution is 2.34. The normalized spacial score (nSPS) is 9.06. The molecule has 0 fully saturated rings. The number of hydrazone groups is 1. The first-order valence-corrected chi connectivity index (χ1v) is 5.15. The molecule has 0 aliphatic heterocycles. The summed E-state index contributed by atoms with van der Waals surface area (Å²) in [5, 5.41) is 20.1. The average molecular weight is 319 g/mol. The second-order valence-corrected chi connectivity index (χ2v) is 3.84. The van der Waals surface area contributed by atoms with Gasteiger partial charge in [0.15, 0.2) is 11.6 Å². The molecule has 0 spiro atoms. The molecule has 0 saturated heterocycles. The van der Waals surface area contributed by atoms with Gasteiger partial charge in [-0.25, -0.2) is 8.78 Å². The van der Waals surface area contributed by atoms with E-state index in [2.05, 4.69) is 26.5 Å². The van der Waals surface area contributed by atoms with Gasteiger partial charge in [-0.15, -0.1) is 0 Å². The maximum Gasteiger partial charge on any atom is 0.237 e. The van der Waals surface area contributed by atoms with Crippen LogP contribution in [0.4, 0.5) is 14.5 Å². The van der Waals surface area contributed by atoms with Crippen LogP contribution in [0.2, 0.25) is 5.02 Å². The van der Waals surface area contributed by atoms with Crippen LogP contribution in [0.5, 0.6) is 0 Å². The Labute approximate surface area is 108 Å². The third-order valence-corrected chi connectivity index (χ3v) is 2.65. The number of nitriles is 2. The molecule has 4 nitrogen and oxygen atoms in total. The Kier molecular flexibility index (Phi) is 4.38. The number of nitrogens with one attached hydrogen (secondary N) is 1. The van der Waals surface area contributed by atoms with Crippen molar-refractivity contribution < 1.29 is 8.78 Å². The smallest absolute Gasteiger partial charge is 0.237 e. The molecular weight excluding hydrogens is 317 g/mol. The highest BCUT2D eigenvalue weighted by Gasteiger charge is 2.15. The van der Waals surface area contributed by atoms with E-state index >= 15 is 0 Å². The minimum absolute atomic E-state index is 0.0754. The third-order valence-electron chi connectivity index (χ3n) is 1.61. The summed E-state index contributed by atoms with van der Waals surface area (Å²) in [6.07, 6.45) is 0. The molecule has 1 rings (SSSR count). The van der Waals surface area contributed by atoms with Crippen LogP contribution in [0.25, 0.3) is 0 Å². The van der Waals surface area contributed by atoms with Crippen molar-refractivity contribution in [3.63, 3.8) is 0 Å². The van der Waals surface area contributed by atoms with Crippen LogP contribution < -0.4 is 5.43 Å². The summed E-state index contributed by atoms with van der Waals surface area (Å²) in [5.41, 5.74) is 1.66. The minimum Gasteiger partial charge on any atom is -0.274 e. The van der Waals surface area contributed by atoms with Crippen LogP contribution in [0.15, 0.2) is 15.6 Å². The number of rotatable bonds is 2. The average Bonchev–Trinajstić information content (AvgIpc) is 2.31. The van der Waals surface area contributed by atoms with Gasteiger partial charge in [0, 0.05) is 0 Å². The molecule has 17 heavy (non-hydrogen) atoms. The van der Waals surface area contributed by atoms with E-state index in [1.165, 1.54) is 12.1 Å². The Hall–Kier alpha value is -1.70. The van der Waals surface area contributed by atoms with Gasteiger partial charge in [-0.3, -0.25) is 5.43 Å². The van der Waals surface area contributed by atoms with Gasteiger partial charge < -0.3 is 0 Å². The molecule has 1 N–H and O–H groups in total. The van der Waals surface area contributed by atoms with Gasteiger partial charge in [0.2, 0.25) is 5.71 Å². The molecule has 1 aromatic rings. The fourth-order valence-corrected chi connectivity index (χ4v) is 1.69. The number of hydrogen-bond donors (Lipinski definition) is 1. The summed E-state index contributed by atoms with van der Waals surface area (Å²) < 4.78 is 25.8. The van der Waals surface area contributed by atoms with Crippen molar-refractivity contribution in [3.05, 3.63) is 27.2 Å². The van der Waals surface area contributed by atoms with Crippen molar-refractivity contribution in [2.45, 2.75) is 0 Å². The van der Waals surface area contributed by atoms with Crippen LogP contribution in [0.3, 0.4) is 0 Å². The SMILES string of the molecule is N#CC(C#N)=NNc1c(Cl)cc(F)c(F)c1Br. The second-order valence-electron chi connectivity index (χ2n) is 2.64. The Morgan fingerprint density at radius 3 is 2.53 bits per heavy atom. The van der Waals surface area contributed by atoms with E-state index in [1.807, 2.05) is 0 Å². The summed E-state index contributed by atoms with van der Waals surface area (Å²) >= 11 is 8.42. The minimum atomic E-state index is -1.15. The molecule has 0 aliphatic carbocycles. The zero-order valence-corrected chi connectivity index (χ0v) is 10.3. The molecule has 0 heterocycles. The maximum atomic E-state index is 13.2. The lowest BCUT2D eigenvalue weighted by atomic mass is 10.3. The number of hydrogen-bond acceptors (Lipinski definition) is 4. The second kappa shape index (κ2) is 5.58. The molecule has 0 aromatic heterocycles. The number of anilines is 1. The van der Waals surface area contributed by atoms with Gasteiger partial charge in [0.05, 0.1) is 15.2 Å². The van der Waals surface area contributed by atoms with E-state index < -0.39 is 17.3 Å². The fraction of sp³-hybridized carbons (Fsp3) is 0. The van der Waals surface area contributed by atoms with E-state index in [9.17, 15) is 8.78 Å². The van der Waals surface area contributed by atoms with Gasteiger partial charge in [0.25, 0.3) is 0 Å². The summed E-state index contributed by atoms with van der Waals surface area (Å²) in [6, 6.07) is 3.72. The summed E-state index contributed by atoms with van der Waals surface area (Å²) in [4.78, 5) is 0. The van der Waals surface area contributed by atoms with Crippen LogP contribution in [0, 0.1) is 34.3 Å². The fourth-order valence-electron chi connectivity index (χ4n) is 0.856. The van der Waals surface area contributed by atoms with Crippen LogP contribution in [-0.4, -0.2) is 5.71 Å². The lowest BCUT2D eigenvalue weighted by Gasteiger charge is -2.07. The lowest BCUT2D eigenvalue weighted by molar-refractivity contribution is 0.505. The summed E-state index contributed by atoms with van der Waals surface area (Å²) in [7, 11) is 0. The quantitative estimate of drug-likeness (QED) is 0.394. The predicted molar refractivity (Wildman–Crippen MR) is 61.4 cm³/mol. The van der Waals surface area contributed by atoms with Gasteiger partial charge in [-0.05, 0) is 22.0 Å². The standard InChI is InChI=1S/C9H2BrClF2N4/c10-7-8(13)6(12)1-5(11)9(7)17-16-4(2-14)3-15/h1,17H. The van der Waals surface area contributed by atoms with Crippen molar-refractivity contribution >= 4 is 38.9 Å². The zero-order valence-electron chi connectivity index (χ0n) is 7.93. The monoisotopic (exact) mass is 318 g/mol. The Morgan fingerprint density at radius 1 is 1.41 bits per heavy atom. The van der Waals surface area contributed by atoms with Crippen LogP contribution in [-0.2, 0) is 0 Å². The van der Waals surface area contributed by atoms with Crippen LogP contribution in [0.1, 0.15) is 0 Å². The Balaban J connectivity index is 3.18. The molecule has 0 bridgehead atoms. The van der Waals surface area contributed by atoms with Crippen molar-refractivity contribution in [2.24, 2.45) is 5.10 Å². The summed E-state index contributed by atoms with van der Waals surface area (Å²) in [5.74, 6) is -2.28. The van der Waals surface area contributed by atoms with Crippen molar-refractivity contribution in [3.8, 4) is 12.1 Å². The Bertz CT molecular complexity index is 558. The number of halogens is 4. The molecule has 0 amide bonds. The Morgan fingerprint density at radius 2 is 2.00 bits per heavy atom. The molecule has 0 unspecified atom stereocenters. The summed E-state index contributed by atoms with van der Waals surface area (Å²) in [6.45, 7) is 0. The van der Waals surface area contributed by atoms with Crippen molar-refractivity contribution in [2.75, 3.05) is 5.43 Å². The third kappa shape index (κ3) is 2.90. The molecule has 8 heteroatoms. The van der Waals surface area contributed by atoms with E-state index in [1.54, 1.807) is 0 Å². The largest absolute Gasteiger partial charge is 0.274 e. The van der Waals surface area contributed by atoms with Gasteiger partial charge >= 0.3 is 0 Å². The highest BCUT2D eigenvalue weighted by atomic mass is 79.9. The lowest BCUT2D eigenvalue weighted by Crippen LogP contribution is -2.00.